The predicted octanol–water partition coefficient (Wildman–Crippen LogP) is 2.78. The fraction of sp³-hybridized carbons (Fsp3) is 0.824. The van der Waals surface area contributed by atoms with Gasteiger partial charge in [-0.2, -0.15) is 4.98 Å². The van der Waals surface area contributed by atoms with Gasteiger partial charge in [0.25, 0.3) is 0 Å². The molecule has 0 aromatic carbocycles. The maximum atomic E-state index is 12.1. The Morgan fingerprint density at radius 3 is 2.62 bits per heavy atom. The van der Waals surface area contributed by atoms with E-state index in [1.807, 2.05) is 6.92 Å². The van der Waals surface area contributed by atoms with Crippen LogP contribution in [0.1, 0.15) is 88.4 Å². The van der Waals surface area contributed by atoms with Crippen molar-refractivity contribution in [3.8, 4) is 0 Å². The summed E-state index contributed by atoms with van der Waals surface area (Å²) in [4.78, 5) is 16.6. The summed E-state index contributed by atoms with van der Waals surface area (Å²) in [6.45, 7) is 1.83. The van der Waals surface area contributed by atoms with Crippen LogP contribution in [0.15, 0.2) is 4.52 Å². The van der Waals surface area contributed by atoms with Crippen LogP contribution in [0, 0.1) is 0 Å². The average Bonchev–Trinajstić information content (AvgIpc) is 3.08. The highest BCUT2D eigenvalue weighted by Crippen LogP contribution is 2.31. The number of rotatable bonds is 4. The molecule has 0 spiro atoms. The van der Waals surface area contributed by atoms with Crippen LogP contribution in [0.2, 0.25) is 0 Å². The summed E-state index contributed by atoms with van der Waals surface area (Å²) in [6, 6.07) is -0.826. The van der Waals surface area contributed by atoms with E-state index in [4.69, 9.17) is 4.52 Å². The highest BCUT2D eigenvalue weighted by Gasteiger charge is 2.26. The maximum Gasteiger partial charge on any atom is 0.315 e. The van der Waals surface area contributed by atoms with Gasteiger partial charge in [0, 0.05) is 5.92 Å². The van der Waals surface area contributed by atoms with Crippen molar-refractivity contribution in [2.75, 3.05) is 0 Å². The van der Waals surface area contributed by atoms with Gasteiger partial charge in [0.2, 0.25) is 5.89 Å². The zero-order chi connectivity index (χ0) is 16.9. The lowest BCUT2D eigenvalue weighted by Gasteiger charge is -2.28. The van der Waals surface area contributed by atoms with Gasteiger partial charge in [0.15, 0.2) is 5.82 Å². The monoisotopic (exact) mass is 336 g/mol. The predicted molar refractivity (Wildman–Crippen MR) is 88.5 cm³/mol. The average molecular weight is 336 g/mol. The van der Waals surface area contributed by atoms with E-state index in [1.165, 1.54) is 19.3 Å². The maximum absolute atomic E-state index is 12.1. The molecule has 3 atom stereocenters. The molecule has 7 heteroatoms. The molecule has 2 fully saturated rings. The second kappa shape index (κ2) is 7.96. The zero-order valence-corrected chi connectivity index (χ0v) is 14.3. The van der Waals surface area contributed by atoms with Gasteiger partial charge in [0.05, 0.1) is 12.1 Å². The number of aromatic nitrogens is 2. The zero-order valence-electron chi connectivity index (χ0n) is 14.3. The summed E-state index contributed by atoms with van der Waals surface area (Å²) in [5.41, 5.74) is 0. The highest BCUT2D eigenvalue weighted by atomic mass is 16.5. The number of hydrogen-bond acceptors (Lipinski definition) is 5. The molecule has 3 unspecified atom stereocenters. The van der Waals surface area contributed by atoms with Gasteiger partial charge >= 0.3 is 6.03 Å². The van der Waals surface area contributed by atoms with Crippen LogP contribution in [0.3, 0.4) is 0 Å². The van der Waals surface area contributed by atoms with Crippen LogP contribution in [0.25, 0.3) is 0 Å². The number of nitrogens with one attached hydrogen (secondary N) is 2. The topological polar surface area (TPSA) is 100 Å². The van der Waals surface area contributed by atoms with Crippen molar-refractivity contribution >= 4 is 6.03 Å². The van der Waals surface area contributed by atoms with E-state index < -0.39 is 6.10 Å². The third kappa shape index (κ3) is 4.26. The van der Waals surface area contributed by atoms with E-state index in [9.17, 15) is 9.90 Å². The first-order valence-electron chi connectivity index (χ1n) is 9.22. The van der Waals surface area contributed by atoms with Gasteiger partial charge < -0.3 is 20.3 Å². The Labute approximate surface area is 142 Å². The van der Waals surface area contributed by atoms with Crippen molar-refractivity contribution in [2.45, 2.75) is 88.8 Å². The fourth-order valence-corrected chi connectivity index (χ4v) is 3.70. The molecule has 2 aliphatic carbocycles. The number of carbonyl (C=O) groups is 1. The smallest absolute Gasteiger partial charge is 0.315 e. The molecular formula is C17H28N4O3. The number of aliphatic hydroxyl groups is 1. The number of carbonyl (C=O) groups excluding carboxylic acids is 1. The van der Waals surface area contributed by atoms with Crippen LogP contribution < -0.4 is 10.6 Å². The molecule has 0 saturated heterocycles. The molecule has 1 heterocycles. The molecule has 7 nitrogen and oxygen atoms in total. The van der Waals surface area contributed by atoms with Crippen LogP contribution >= 0.6 is 0 Å². The number of hydrogen-bond donors (Lipinski definition) is 3. The molecule has 24 heavy (non-hydrogen) atoms. The number of amides is 2. The lowest BCUT2D eigenvalue weighted by atomic mass is 9.89. The van der Waals surface area contributed by atoms with Crippen LogP contribution in [-0.4, -0.2) is 33.4 Å². The van der Waals surface area contributed by atoms with Crippen LogP contribution in [0.5, 0.6) is 0 Å². The third-order valence-electron chi connectivity index (χ3n) is 5.19. The summed E-state index contributed by atoms with van der Waals surface area (Å²) >= 11 is 0. The van der Waals surface area contributed by atoms with E-state index in [1.54, 1.807) is 0 Å². The standard InChI is InChI=1S/C17H28N4O3/c1-11(18-17(23)19-13-9-5-6-10-14(13)22)16-20-15(21-24-16)12-7-3-2-4-8-12/h11-14,22H,2-10H2,1H3,(H2,18,19,23). The lowest BCUT2D eigenvalue weighted by molar-refractivity contribution is 0.0939. The molecular weight excluding hydrogens is 308 g/mol. The minimum Gasteiger partial charge on any atom is -0.391 e. The Hall–Kier alpha value is -1.63. The molecule has 0 aliphatic heterocycles. The van der Waals surface area contributed by atoms with Crippen molar-refractivity contribution < 1.29 is 14.4 Å². The second-order valence-electron chi connectivity index (χ2n) is 7.12. The summed E-state index contributed by atoms with van der Waals surface area (Å²) < 4.78 is 5.34. The van der Waals surface area contributed by atoms with Gasteiger partial charge in [-0.15, -0.1) is 0 Å². The minimum absolute atomic E-state index is 0.175. The summed E-state index contributed by atoms with van der Waals surface area (Å²) in [6.07, 6.45) is 9.09. The van der Waals surface area contributed by atoms with E-state index in [0.29, 0.717) is 11.8 Å². The minimum atomic E-state index is -0.457. The summed E-state index contributed by atoms with van der Waals surface area (Å²) in [5.74, 6) is 1.59. The first kappa shape index (κ1) is 17.2. The molecule has 2 aliphatic rings. The van der Waals surface area contributed by atoms with Gasteiger partial charge in [-0.25, -0.2) is 4.79 Å². The molecule has 3 N–H and O–H groups in total. The summed E-state index contributed by atoms with van der Waals surface area (Å²) in [7, 11) is 0. The molecule has 134 valence electrons. The van der Waals surface area contributed by atoms with Crippen LogP contribution in [-0.2, 0) is 0 Å². The van der Waals surface area contributed by atoms with E-state index in [0.717, 1.165) is 44.3 Å². The van der Waals surface area contributed by atoms with Crippen LogP contribution in [0.4, 0.5) is 4.79 Å². The Morgan fingerprint density at radius 2 is 1.88 bits per heavy atom. The second-order valence-corrected chi connectivity index (χ2v) is 7.12. The summed E-state index contributed by atoms with van der Waals surface area (Å²) in [5, 5.41) is 19.7. The number of nitrogens with zero attached hydrogens (tertiary/aromatic N) is 2. The number of aliphatic hydroxyl groups excluding tert-OH is 1. The number of urea groups is 1. The largest absolute Gasteiger partial charge is 0.391 e. The molecule has 2 saturated carbocycles. The highest BCUT2D eigenvalue weighted by molar-refractivity contribution is 5.74. The van der Waals surface area contributed by atoms with Crippen molar-refractivity contribution in [2.24, 2.45) is 0 Å². The van der Waals surface area contributed by atoms with E-state index >= 15 is 0 Å². The van der Waals surface area contributed by atoms with Gasteiger partial charge in [0.1, 0.15) is 6.04 Å². The van der Waals surface area contributed by atoms with Gasteiger partial charge in [-0.1, -0.05) is 37.3 Å². The Kier molecular flexibility index (Phi) is 5.71. The molecule has 1 aromatic heterocycles. The molecule has 0 bridgehead atoms. The fourth-order valence-electron chi connectivity index (χ4n) is 3.70. The Balaban J connectivity index is 1.51. The molecule has 1 aromatic rings. The molecule has 2 amide bonds. The lowest BCUT2D eigenvalue weighted by Crippen LogP contribution is -2.49. The first-order valence-corrected chi connectivity index (χ1v) is 9.22. The van der Waals surface area contributed by atoms with Gasteiger partial charge in [-0.3, -0.25) is 0 Å². The third-order valence-corrected chi connectivity index (χ3v) is 5.19. The van der Waals surface area contributed by atoms with Crippen molar-refractivity contribution in [3.05, 3.63) is 11.7 Å². The molecule has 0 radical (unpaired) electrons. The Bertz CT molecular complexity index is 542. The Morgan fingerprint density at radius 1 is 1.17 bits per heavy atom. The first-order chi connectivity index (χ1) is 11.6. The van der Waals surface area contributed by atoms with Gasteiger partial charge in [-0.05, 0) is 32.6 Å². The van der Waals surface area contributed by atoms with Crippen molar-refractivity contribution in [3.63, 3.8) is 0 Å². The SMILES string of the molecule is CC(NC(=O)NC1CCCCC1O)c1nc(C2CCCCC2)no1. The quantitative estimate of drug-likeness (QED) is 0.785. The van der Waals surface area contributed by atoms with Crippen molar-refractivity contribution in [1.82, 2.24) is 20.8 Å². The molecule has 3 rings (SSSR count). The van der Waals surface area contributed by atoms with E-state index in [2.05, 4.69) is 20.8 Å². The van der Waals surface area contributed by atoms with Crippen molar-refractivity contribution in [1.29, 1.82) is 0 Å². The van der Waals surface area contributed by atoms with E-state index in [-0.39, 0.29) is 18.1 Å². The normalized spacial score (nSPS) is 26.8.